The van der Waals surface area contributed by atoms with E-state index in [-0.39, 0.29) is 5.56 Å². The van der Waals surface area contributed by atoms with Gasteiger partial charge in [0.15, 0.2) is 0 Å². The summed E-state index contributed by atoms with van der Waals surface area (Å²) in [6, 6.07) is 3.91. The van der Waals surface area contributed by atoms with Gasteiger partial charge in [-0.15, -0.1) is 0 Å². The molecule has 6 heteroatoms. The molecular weight excluding hydrogens is 237 g/mol. The highest BCUT2D eigenvalue weighted by atomic mass is 19.1. The van der Waals surface area contributed by atoms with E-state index in [4.69, 9.17) is 0 Å². The molecule has 0 aliphatic rings. The summed E-state index contributed by atoms with van der Waals surface area (Å²) in [5.41, 5.74) is 0.577. The molecule has 0 amide bonds. The van der Waals surface area contributed by atoms with Gasteiger partial charge < -0.3 is 4.74 Å². The van der Waals surface area contributed by atoms with Crippen LogP contribution in [0, 0.1) is 19.7 Å². The molecule has 5 nitrogen and oxygen atoms in total. The van der Waals surface area contributed by atoms with E-state index in [9.17, 15) is 9.18 Å². The number of carbonyl (C=O) groups is 1. The van der Waals surface area contributed by atoms with Gasteiger partial charge in [-0.3, -0.25) is 0 Å². The maximum Gasteiger partial charge on any atom is 0.338 e. The van der Waals surface area contributed by atoms with Gasteiger partial charge in [-0.05, 0) is 32.0 Å². The molecule has 0 fully saturated rings. The molecular formula is C12H12FN3O2. The third-order valence-electron chi connectivity index (χ3n) is 2.42. The molecule has 0 saturated heterocycles. The van der Waals surface area contributed by atoms with Crippen molar-refractivity contribution in [3.8, 4) is 5.69 Å². The molecule has 2 rings (SSSR count). The number of ether oxygens (including phenoxy) is 1. The first kappa shape index (κ1) is 12.2. The molecule has 0 N–H and O–H groups in total. The Morgan fingerprint density at radius 2 is 2.06 bits per heavy atom. The summed E-state index contributed by atoms with van der Waals surface area (Å²) in [7, 11) is 1.25. The smallest absolute Gasteiger partial charge is 0.338 e. The minimum absolute atomic E-state index is 0.139. The van der Waals surface area contributed by atoms with Crippen molar-refractivity contribution in [2.24, 2.45) is 0 Å². The van der Waals surface area contributed by atoms with Crippen molar-refractivity contribution in [2.45, 2.75) is 13.8 Å². The number of methoxy groups -OCH3 is 1. The maximum absolute atomic E-state index is 13.5. The Bertz CT molecular complexity index is 607. The average molecular weight is 249 g/mol. The summed E-state index contributed by atoms with van der Waals surface area (Å²) in [6.45, 7) is 3.49. The van der Waals surface area contributed by atoms with Gasteiger partial charge in [0.05, 0.1) is 18.4 Å². The standard InChI is InChI=1S/C12H12FN3O2/c1-7-14-8(2)16(15-7)11-5-9(12(17)18-3)4-10(13)6-11/h4-6H,1-3H3. The fourth-order valence-electron chi connectivity index (χ4n) is 1.70. The van der Waals surface area contributed by atoms with Crippen molar-refractivity contribution in [1.82, 2.24) is 14.8 Å². The zero-order chi connectivity index (χ0) is 13.3. The second kappa shape index (κ2) is 4.56. The number of aryl methyl sites for hydroxylation is 2. The summed E-state index contributed by atoms with van der Waals surface area (Å²) in [5.74, 6) is 0.0796. The van der Waals surface area contributed by atoms with E-state index in [2.05, 4.69) is 14.8 Å². The normalized spacial score (nSPS) is 10.4. The molecule has 0 bridgehead atoms. The number of hydrogen-bond donors (Lipinski definition) is 0. The number of halogens is 1. The van der Waals surface area contributed by atoms with Gasteiger partial charge >= 0.3 is 5.97 Å². The van der Waals surface area contributed by atoms with Crippen LogP contribution in [0.4, 0.5) is 4.39 Å². The first-order valence-electron chi connectivity index (χ1n) is 5.31. The molecule has 0 saturated carbocycles. The van der Waals surface area contributed by atoms with Crippen LogP contribution in [0.25, 0.3) is 5.69 Å². The van der Waals surface area contributed by atoms with Gasteiger partial charge in [0.25, 0.3) is 0 Å². The predicted molar refractivity (Wildman–Crippen MR) is 62.1 cm³/mol. The summed E-state index contributed by atoms with van der Waals surface area (Å²) in [6.07, 6.45) is 0. The Balaban J connectivity index is 2.55. The van der Waals surface area contributed by atoms with Gasteiger partial charge in [-0.2, -0.15) is 5.10 Å². The first-order valence-corrected chi connectivity index (χ1v) is 5.31. The summed E-state index contributed by atoms with van der Waals surface area (Å²) >= 11 is 0. The second-order valence-electron chi connectivity index (χ2n) is 3.81. The van der Waals surface area contributed by atoms with Gasteiger partial charge in [-0.25, -0.2) is 18.9 Å². The molecule has 18 heavy (non-hydrogen) atoms. The van der Waals surface area contributed by atoms with Crippen LogP contribution < -0.4 is 0 Å². The zero-order valence-corrected chi connectivity index (χ0v) is 10.3. The van der Waals surface area contributed by atoms with Gasteiger partial charge in [-0.1, -0.05) is 0 Å². The minimum Gasteiger partial charge on any atom is -0.465 e. The molecule has 2 aromatic rings. The molecule has 0 spiro atoms. The Labute approximate surface area is 103 Å². The monoisotopic (exact) mass is 249 g/mol. The van der Waals surface area contributed by atoms with Crippen LogP contribution in [0.3, 0.4) is 0 Å². The maximum atomic E-state index is 13.5. The third kappa shape index (κ3) is 2.22. The lowest BCUT2D eigenvalue weighted by Crippen LogP contribution is -2.06. The molecule has 0 radical (unpaired) electrons. The van der Waals surface area contributed by atoms with Crippen LogP contribution in [-0.2, 0) is 4.74 Å². The highest BCUT2D eigenvalue weighted by Gasteiger charge is 2.12. The van der Waals surface area contributed by atoms with E-state index in [0.29, 0.717) is 17.3 Å². The van der Waals surface area contributed by atoms with E-state index in [1.54, 1.807) is 13.8 Å². The van der Waals surface area contributed by atoms with Crippen LogP contribution >= 0.6 is 0 Å². The number of benzene rings is 1. The minimum atomic E-state index is -0.592. The van der Waals surface area contributed by atoms with Crippen molar-refractivity contribution in [3.63, 3.8) is 0 Å². The lowest BCUT2D eigenvalue weighted by Gasteiger charge is -2.06. The molecule has 1 aromatic heterocycles. The van der Waals surface area contributed by atoms with Crippen molar-refractivity contribution in [1.29, 1.82) is 0 Å². The first-order chi connectivity index (χ1) is 8.51. The van der Waals surface area contributed by atoms with Gasteiger partial charge in [0, 0.05) is 0 Å². The summed E-state index contributed by atoms with van der Waals surface area (Å²) < 4.78 is 19.5. The van der Waals surface area contributed by atoms with E-state index >= 15 is 0 Å². The average Bonchev–Trinajstić information content (AvgIpc) is 2.66. The predicted octanol–water partition coefficient (Wildman–Crippen LogP) is 1.81. The van der Waals surface area contributed by atoms with E-state index in [1.807, 2.05) is 0 Å². The summed E-state index contributed by atoms with van der Waals surface area (Å²) in [5, 5.41) is 4.13. The fraction of sp³-hybridized carbons (Fsp3) is 0.250. The number of esters is 1. The summed E-state index contributed by atoms with van der Waals surface area (Å²) in [4.78, 5) is 15.5. The Kier molecular flexibility index (Phi) is 3.10. The van der Waals surface area contributed by atoms with Crippen LogP contribution in [0.1, 0.15) is 22.0 Å². The fourth-order valence-corrected chi connectivity index (χ4v) is 1.70. The van der Waals surface area contributed by atoms with E-state index < -0.39 is 11.8 Å². The van der Waals surface area contributed by atoms with Gasteiger partial charge in [0.2, 0.25) is 0 Å². The number of aromatic nitrogens is 3. The molecule has 1 heterocycles. The van der Waals surface area contributed by atoms with E-state index in [1.165, 1.54) is 23.9 Å². The molecule has 0 aliphatic heterocycles. The molecule has 1 aromatic carbocycles. The lowest BCUT2D eigenvalue weighted by atomic mass is 10.2. The largest absolute Gasteiger partial charge is 0.465 e. The SMILES string of the molecule is COC(=O)c1cc(F)cc(-n2nc(C)nc2C)c1. The molecule has 94 valence electrons. The number of hydrogen-bond acceptors (Lipinski definition) is 4. The van der Waals surface area contributed by atoms with E-state index in [0.717, 1.165) is 6.07 Å². The van der Waals surface area contributed by atoms with Crippen LogP contribution in [-0.4, -0.2) is 27.8 Å². The lowest BCUT2D eigenvalue weighted by molar-refractivity contribution is 0.0600. The van der Waals surface area contributed by atoms with Crippen LogP contribution in [0.2, 0.25) is 0 Å². The molecule has 0 aliphatic carbocycles. The Morgan fingerprint density at radius 3 is 2.61 bits per heavy atom. The molecule has 0 unspecified atom stereocenters. The second-order valence-corrected chi connectivity index (χ2v) is 3.81. The van der Waals surface area contributed by atoms with Gasteiger partial charge in [0.1, 0.15) is 17.5 Å². The topological polar surface area (TPSA) is 57.0 Å². The number of nitrogens with zero attached hydrogens (tertiary/aromatic N) is 3. The number of carbonyl (C=O) groups excluding carboxylic acids is 1. The third-order valence-corrected chi connectivity index (χ3v) is 2.42. The van der Waals surface area contributed by atoms with Crippen molar-refractivity contribution in [3.05, 3.63) is 41.2 Å². The van der Waals surface area contributed by atoms with Crippen LogP contribution in [0.5, 0.6) is 0 Å². The van der Waals surface area contributed by atoms with Crippen LogP contribution in [0.15, 0.2) is 18.2 Å². The highest BCUT2D eigenvalue weighted by molar-refractivity contribution is 5.89. The van der Waals surface area contributed by atoms with Crippen molar-refractivity contribution in [2.75, 3.05) is 7.11 Å². The Morgan fingerprint density at radius 1 is 1.33 bits per heavy atom. The quantitative estimate of drug-likeness (QED) is 0.762. The van der Waals surface area contributed by atoms with Crippen molar-refractivity contribution < 1.29 is 13.9 Å². The zero-order valence-electron chi connectivity index (χ0n) is 10.3. The highest BCUT2D eigenvalue weighted by Crippen LogP contribution is 2.15. The Hall–Kier alpha value is -2.24. The number of rotatable bonds is 2. The van der Waals surface area contributed by atoms with Crippen molar-refractivity contribution >= 4 is 5.97 Å². The molecule has 0 atom stereocenters.